The molecule has 0 aliphatic rings. The SMILES string of the molecule is Nc1ccc(NCC(O)C(F)F)cc1C(F)(F)F. The van der Waals surface area contributed by atoms with Crippen LogP contribution in [0.4, 0.5) is 33.3 Å². The van der Waals surface area contributed by atoms with Crippen LogP contribution in [-0.2, 0) is 6.18 Å². The predicted molar refractivity (Wildman–Crippen MR) is 56.4 cm³/mol. The molecule has 0 amide bonds. The monoisotopic (exact) mass is 270 g/mol. The Morgan fingerprint density at radius 3 is 2.39 bits per heavy atom. The molecule has 102 valence electrons. The average Bonchev–Trinajstić information content (AvgIpc) is 2.25. The van der Waals surface area contributed by atoms with Crippen LogP contribution in [0.25, 0.3) is 0 Å². The Morgan fingerprint density at radius 1 is 1.28 bits per heavy atom. The summed E-state index contributed by atoms with van der Waals surface area (Å²) in [5, 5.41) is 11.1. The van der Waals surface area contributed by atoms with Gasteiger partial charge in [-0.15, -0.1) is 0 Å². The molecule has 0 bridgehead atoms. The van der Waals surface area contributed by atoms with E-state index in [1.165, 1.54) is 6.07 Å². The van der Waals surface area contributed by atoms with E-state index in [4.69, 9.17) is 10.8 Å². The smallest absolute Gasteiger partial charge is 0.398 e. The van der Waals surface area contributed by atoms with Gasteiger partial charge in [-0.3, -0.25) is 0 Å². The van der Waals surface area contributed by atoms with Crippen LogP contribution in [0.1, 0.15) is 5.56 Å². The molecule has 1 rings (SSSR count). The maximum Gasteiger partial charge on any atom is 0.418 e. The highest BCUT2D eigenvalue weighted by Crippen LogP contribution is 2.35. The van der Waals surface area contributed by atoms with E-state index in [-0.39, 0.29) is 5.69 Å². The van der Waals surface area contributed by atoms with E-state index in [0.717, 1.165) is 6.07 Å². The summed E-state index contributed by atoms with van der Waals surface area (Å²) in [5.74, 6) is 0. The van der Waals surface area contributed by atoms with E-state index in [2.05, 4.69) is 5.32 Å². The minimum Gasteiger partial charge on any atom is -0.398 e. The van der Waals surface area contributed by atoms with Crippen molar-refractivity contribution in [1.29, 1.82) is 0 Å². The van der Waals surface area contributed by atoms with E-state index in [1.54, 1.807) is 0 Å². The Morgan fingerprint density at radius 2 is 1.89 bits per heavy atom. The third-order valence-corrected chi connectivity index (χ3v) is 2.16. The molecule has 1 aromatic carbocycles. The van der Waals surface area contributed by atoms with Crippen LogP contribution in [0.5, 0.6) is 0 Å². The fourth-order valence-corrected chi connectivity index (χ4v) is 1.22. The van der Waals surface area contributed by atoms with Crippen molar-refractivity contribution in [2.24, 2.45) is 0 Å². The van der Waals surface area contributed by atoms with E-state index < -0.39 is 36.5 Å². The number of nitrogens with one attached hydrogen (secondary N) is 1. The van der Waals surface area contributed by atoms with Crippen LogP contribution in [-0.4, -0.2) is 24.2 Å². The number of hydrogen-bond donors (Lipinski definition) is 3. The maximum atomic E-state index is 12.5. The molecule has 0 heterocycles. The standard InChI is InChI=1S/C10H11F5N2O/c11-9(12)8(18)4-17-5-1-2-7(16)6(3-5)10(13,14)15/h1-3,8-9,17-18H,4,16H2. The van der Waals surface area contributed by atoms with Crippen molar-refractivity contribution < 1.29 is 27.1 Å². The molecule has 0 aliphatic heterocycles. The third kappa shape index (κ3) is 3.73. The first-order chi connectivity index (χ1) is 8.21. The summed E-state index contributed by atoms with van der Waals surface area (Å²) < 4.78 is 61.4. The van der Waals surface area contributed by atoms with Gasteiger partial charge in [0.2, 0.25) is 0 Å². The molecule has 0 radical (unpaired) electrons. The number of nitrogen functional groups attached to an aromatic ring is 1. The van der Waals surface area contributed by atoms with E-state index >= 15 is 0 Å². The number of benzene rings is 1. The van der Waals surface area contributed by atoms with Crippen molar-refractivity contribution >= 4 is 11.4 Å². The van der Waals surface area contributed by atoms with Crippen molar-refractivity contribution in [3.05, 3.63) is 23.8 Å². The highest BCUT2D eigenvalue weighted by atomic mass is 19.4. The first-order valence-electron chi connectivity index (χ1n) is 4.88. The minimum atomic E-state index is -4.62. The minimum absolute atomic E-state index is 0.0452. The van der Waals surface area contributed by atoms with E-state index in [9.17, 15) is 22.0 Å². The van der Waals surface area contributed by atoms with Crippen molar-refractivity contribution in [3.63, 3.8) is 0 Å². The van der Waals surface area contributed by atoms with E-state index in [0.29, 0.717) is 6.07 Å². The topological polar surface area (TPSA) is 58.3 Å². The number of alkyl halides is 5. The van der Waals surface area contributed by atoms with Crippen LogP contribution in [0.3, 0.4) is 0 Å². The van der Waals surface area contributed by atoms with Gasteiger partial charge in [0.1, 0.15) is 6.10 Å². The predicted octanol–water partition coefficient (Wildman–Crippen LogP) is 2.33. The van der Waals surface area contributed by atoms with Gasteiger partial charge >= 0.3 is 6.18 Å². The quantitative estimate of drug-likeness (QED) is 0.581. The summed E-state index contributed by atoms with van der Waals surface area (Å²) in [6.07, 6.45) is -9.53. The van der Waals surface area contributed by atoms with E-state index in [1.807, 2.05) is 0 Å². The first kappa shape index (κ1) is 14.5. The second-order valence-corrected chi connectivity index (χ2v) is 3.58. The van der Waals surface area contributed by atoms with Gasteiger partial charge in [-0.1, -0.05) is 0 Å². The zero-order valence-electron chi connectivity index (χ0n) is 9.01. The molecular weight excluding hydrogens is 259 g/mol. The lowest BCUT2D eigenvalue weighted by Gasteiger charge is -2.15. The maximum absolute atomic E-state index is 12.5. The Labute approximate surface area is 99.4 Å². The number of aliphatic hydroxyl groups excluding tert-OH is 1. The van der Waals surface area contributed by atoms with Gasteiger partial charge in [0.25, 0.3) is 6.43 Å². The lowest BCUT2D eigenvalue weighted by atomic mass is 10.1. The summed E-state index contributed by atoms with van der Waals surface area (Å²) in [6.45, 7) is -0.557. The van der Waals surface area contributed by atoms with Crippen molar-refractivity contribution in [1.82, 2.24) is 0 Å². The molecule has 1 atom stereocenters. The number of halogens is 5. The number of hydrogen-bond acceptors (Lipinski definition) is 3. The summed E-state index contributed by atoms with van der Waals surface area (Å²) >= 11 is 0. The van der Waals surface area contributed by atoms with Gasteiger partial charge in [-0.25, -0.2) is 8.78 Å². The number of rotatable bonds is 4. The fraction of sp³-hybridized carbons (Fsp3) is 0.400. The molecule has 1 aromatic rings. The second kappa shape index (κ2) is 5.38. The van der Waals surface area contributed by atoms with Crippen LogP contribution in [0, 0.1) is 0 Å². The summed E-state index contributed by atoms with van der Waals surface area (Å²) in [7, 11) is 0. The molecule has 0 spiro atoms. The zero-order valence-corrected chi connectivity index (χ0v) is 9.01. The lowest BCUT2D eigenvalue weighted by Crippen LogP contribution is -2.26. The van der Waals surface area contributed by atoms with Crippen molar-refractivity contribution in [2.75, 3.05) is 17.6 Å². The van der Waals surface area contributed by atoms with Gasteiger partial charge in [-0.2, -0.15) is 13.2 Å². The molecule has 4 N–H and O–H groups in total. The molecule has 3 nitrogen and oxygen atoms in total. The number of nitrogens with two attached hydrogens (primary N) is 1. The number of anilines is 2. The van der Waals surface area contributed by atoms with Crippen LogP contribution >= 0.6 is 0 Å². The Hall–Kier alpha value is -1.57. The largest absolute Gasteiger partial charge is 0.418 e. The van der Waals surface area contributed by atoms with Crippen LogP contribution in [0.2, 0.25) is 0 Å². The summed E-state index contributed by atoms with van der Waals surface area (Å²) in [6, 6.07) is 2.93. The van der Waals surface area contributed by atoms with Crippen LogP contribution < -0.4 is 11.1 Å². The van der Waals surface area contributed by atoms with Gasteiger partial charge in [-0.05, 0) is 18.2 Å². The highest BCUT2D eigenvalue weighted by Gasteiger charge is 2.33. The molecule has 8 heteroatoms. The Bertz CT molecular complexity index is 408. The molecule has 0 saturated carbocycles. The molecule has 0 aliphatic carbocycles. The molecule has 1 unspecified atom stereocenters. The molecule has 18 heavy (non-hydrogen) atoms. The normalized spacial score (nSPS) is 13.7. The van der Waals surface area contributed by atoms with Crippen molar-refractivity contribution in [3.8, 4) is 0 Å². The second-order valence-electron chi connectivity index (χ2n) is 3.58. The molecule has 0 saturated heterocycles. The first-order valence-corrected chi connectivity index (χ1v) is 4.88. The van der Waals surface area contributed by atoms with Gasteiger partial charge < -0.3 is 16.2 Å². The van der Waals surface area contributed by atoms with Gasteiger partial charge in [0.05, 0.1) is 5.56 Å². The third-order valence-electron chi connectivity index (χ3n) is 2.16. The fourth-order valence-electron chi connectivity index (χ4n) is 1.22. The zero-order chi connectivity index (χ0) is 13.9. The molecule has 0 fully saturated rings. The lowest BCUT2D eigenvalue weighted by molar-refractivity contribution is -0.136. The van der Waals surface area contributed by atoms with Crippen molar-refractivity contribution in [2.45, 2.75) is 18.7 Å². The van der Waals surface area contributed by atoms with Crippen LogP contribution in [0.15, 0.2) is 18.2 Å². The van der Waals surface area contributed by atoms with Gasteiger partial charge in [0, 0.05) is 17.9 Å². The Kier molecular flexibility index (Phi) is 4.33. The number of aliphatic hydroxyl groups is 1. The van der Waals surface area contributed by atoms with Gasteiger partial charge in [0.15, 0.2) is 0 Å². The molecule has 0 aromatic heterocycles. The molecular formula is C10H11F5N2O. The average molecular weight is 270 g/mol. The summed E-state index contributed by atoms with van der Waals surface area (Å²) in [5.41, 5.74) is 3.60. The summed E-state index contributed by atoms with van der Waals surface area (Å²) in [4.78, 5) is 0. The Balaban J connectivity index is 2.80. The highest BCUT2D eigenvalue weighted by molar-refractivity contribution is 5.58.